The molecule has 0 aliphatic rings. The number of nitrogens with zero attached hydrogens (tertiary/aromatic N) is 3. The standard InChI is InChI=1S/C9H7ClFN3/c10-5-7-1-2-13-9(8(7)11)14-4-3-12-6-14/h1-4,6H,5H2. The van der Waals surface area contributed by atoms with E-state index in [2.05, 4.69) is 9.97 Å². The van der Waals surface area contributed by atoms with E-state index in [1.807, 2.05) is 0 Å². The molecule has 0 amide bonds. The molecule has 0 fully saturated rings. The molecule has 5 heteroatoms. The van der Waals surface area contributed by atoms with Crippen LogP contribution in [0.25, 0.3) is 5.82 Å². The minimum atomic E-state index is -0.402. The molecule has 3 nitrogen and oxygen atoms in total. The van der Waals surface area contributed by atoms with E-state index in [1.165, 1.54) is 17.1 Å². The summed E-state index contributed by atoms with van der Waals surface area (Å²) in [7, 11) is 0. The Morgan fingerprint density at radius 3 is 2.93 bits per heavy atom. The number of halogens is 2. The van der Waals surface area contributed by atoms with Gasteiger partial charge in [0, 0.05) is 24.2 Å². The quantitative estimate of drug-likeness (QED) is 0.713. The van der Waals surface area contributed by atoms with Gasteiger partial charge in [0.15, 0.2) is 11.6 Å². The third-order valence-corrected chi connectivity index (χ3v) is 2.13. The molecule has 0 aliphatic carbocycles. The molecule has 0 aromatic carbocycles. The summed E-state index contributed by atoms with van der Waals surface area (Å²) in [6.07, 6.45) is 6.21. The first kappa shape index (κ1) is 9.15. The van der Waals surface area contributed by atoms with Gasteiger partial charge < -0.3 is 0 Å². The molecule has 0 saturated carbocycles. The molecule has 0 bridgehead atoms. The summed E-state index contributed by atoms with van der Waals surface area (Å²) in [5.74, 6) is -0.0445. The maximum absolute atomic E-state index is 13.6. The second kappa shape index (κ2) is 3.75. The van der Waals surface area contributed by atoms with Gasteiger partial charge in [-0.1, -0.05) is 0 Å². The van der Waals surface area contributed by atoms with Crippen LogP contribution >= 0.6 is 11.6 Å². The average Bonchev–Trinajstić information content (AvgIpc) is 2.71. The molecule has 0 radical (unpaired) electrons. The van der Waals surface area contributed by atoms with Gasteiger partial charge in [0.1, 0.15) is 6.33 Å². The normalized spacial score (nSPS) is 10.4. The van der Waals surface area contributed by atoms with Gasteiger partial charge in [0.05, 0.1) is 5.88 Å². The predicted octanol–water partition coefficient (Wildman–Crippen LogP) is 2.15. The van der Waals surface area contributed by atoms with E-state index < -0.39 is 5.82 Å². The highest BCUT2D eigenvalue weighted by Gasteiger charge is 2.09. The molecule has 2 aromatic heterocycles. The topological polar surface area (TPSA) is 30.7 Å². The Hall–Kier alpha value is -1.42. The second-order valence-electron chi connectivity index (χ2n) is 2.71. The van der Waals surface area contributed by atoms with E-state index in [9.17, 15) is 4.39 Å². The van der Waals surface area contributed by atoms with Crippen molar-refractivity contribution in [3.63, 3.8) is 0 Å². The smallest absolute Gasteiger partial charge is 0.174 e. The van der Waals surface area contributed by atoms with Gasteiger partial charge in [0.2, 0.25) is 0 Å². The molecule has 2 rings (SSSR count). The van der Waals surface area contributed by atoms with Crippen LogP contribution in [-0.4, -0.2) is 14.5 Å². The lowest BCUT2D eigenvalue weighted by Gasteiger charge is -2.04. The molecule has 14 heavy (non-hydrogen) atoms. The summed E-state index contributed by atoms with van der Waals surface area (Å²) in [5.41, 5.74) is 0.436. The van der Waals surface area contributed by atoms with Crippen LogP contribution < -0.4 is 0 Å². The lowest BCUT2D eigenvalue weighted by atomic mass is 10.3. The highest BCUT2D eigenvalue weighted by molar-refractivity contribution is 6.17. The van der Waals surface area contributed by atoms with Gasteiger partial charge in [0.25, 0.3) is 0 Å². The highest BCUT2D eigenvalue weighted by Crippen LogP contribution is 2.15. The van der Waals surface area contributed by atoms with Crippen LogP contribution in [0.2, 0.25) is 0 Å². The van der Waals surface area contributed by atoms with E-state index >= 15 is 0 Å². The van der Waals surface area contributed by atoms with Crippen molar-refractivity contribution in [3.05, 3.63) is 42.4 Å². The lowest BCUT2D eigenvalue weighted by Crippen LogP contribution is -2.01. The van der Waals surface area contributed by atoms with Crippen LogP contribution in [0.4, 0.5) is 4.39 Å². The fourth-order valence-electron chi connectivity index (χ4n) is 1.14. The zero-order chi connectivity index (χ0) is 9.97. The third kappa shape index (κ3) is 1.48. The number of rotatable bonds is 2. The van der Waals surface area contributed by atoms with Crippen molar-refractivity contribution >= 4 is 11.6 Å². The number of imidazole rings is 1. The van der Waals surface area contributed by atoms with Gasteiger partial charge in [-0.3, -0.25) is 4.57 Å². The maximum Gasteiger partial charge on any atom is 0.174 e. The molecule has 2 heterocycles. The molecule has 0 saturated heterocycles. The molecular formula is C9H7ClFN3. The van der Waals surface area contributed by atoms with Crippen LogP contribution in [0.1, 0.15) is 5.56 Å². The monoisotopic (exact) mass is 211 g/mol. The number of pyridine rings is 1. The van der Waals surface area contributed by atoms with Crippen molar-refractivity contribution in [1.82, 2.24) is 14.5 Å². The largest absolute Gasteiger partial charge is 0.288 e. The number of alkyl halides is 1. The minimum absolute atomic E-state index is 0.135. The molecular weight excluding hydrogens is 205 g/mol. The summed E-state index contributed by atoms with van der Waals surface area (Å²) < 4.78 is 15.1. The fourth-order valence-corrected chi connectivity index (χ4v) is 1.35. The number of aromatic nitrogens is 3. The zero-order valence-corrected chi connectivity index (χ0v) is 7.95. The Kier molecular flexibility index (Phi) is 2.45. The fraction of sp³-hybridized carbons (Fsp3) is 0.111. The van der Waals surface area contributed by atoms with Crippen LogP contribution in [0, 0.1) is 5.82 Å². The summed E-state index contributed by atoms with van der Waals surface area (Å²) >= 11 is 5.57. The van der Waals surface area contributed by atoms with Crippen molar-refractivity contribution in [2.24, 2.45) is 0 Å². The first-order valence-electron chi connectivity index (χ1n) is 4.00. The van der Waals surface area contributed by atoms with Crippen molar-refractivity contribution in [3.8, 4) is 5.82 Å². The summed E-state index contributed by atoms with van der Waals surface area (Å²) in [6.45, 7) is 0. The van der Waals surface area contributed by atoms with Gasteiger partial charge in [-0.05, 0) is 6.07 Å². The van der Waals surface area contributed by atoms with Gasteiger partial charge >= 0.3 is 0 Å². The molecule has 0 unspecified atom stereocenters. The Balaban J connectivity index is 2.54. The van der Waals surface area contributed by atoms with Crippen LogP contribution in [0.5, 0.6) is 0 Å². The first-order valence-corrected chi connectivity index (χ1v) is 4.54. The van der Waals surface area contributed by atoms with Gasteiger partial charge in [-0.25, -0.2) is 14.4 Å². The van der Waals surface area contributed by atoms with Crippen LogP contribution in [0.15, 0.2) is 31.0 Å². The number of hydrogen-bond acceptors (Lipinski definition) is 2. The van der Waals surface area contributed by atoms with E-state index in [0.29, 0.717) is 5.56 Å². The maximum atomic E-state index is 13.6. The van der Waals surface area contributed by atoms with Crippen molar-refractivity contribution in [2.75, 3.05) is 0 Å². The predicted molar refractivity (Wildman–Crippen MR) is 50.9 cm³/mol. The van der Waals surface area contributed by atoms with Crippen molar-refractivity contribution in [1.29, 1.82) is 0 Å². The summed E-state index contributed by atoms with van der Waals surface area (Å²) in [6, 6.07) is 1.56. The highest BCUT2D eigenvalue weighted by atomic mass is 35.5. The minimum Gasteiger partial charge on any atom is -0.288 e. The average molecular weight is 212 g/mol. The molecule has 0 spiro atoms. The van der Waals surface area contributed by atoms with Crippen LogP contribution in [-0.2, 0) is 5.88 Å². The Bertz CT molecular complexity index is 428. The van der Waals surface area contributed by atoms with Crippen LogP contribution in [0.3, 0.4) is 0 Å². The molecule has 0 N–H and O–H groups in total. The van der Waals surface area contributed by atoms with E-state index in [0.717, 1.165) is 0 Å². The molecule has 72 valence electrons. The summed E-state index contributed by atoms with van der Waals surface area (Å²) in [4.78, 5) is 7.74. The first-order chi connectivity index (χ1) is 6.83. The Labute approximate surface area is 85.2 Å². The van der Waals surface area contributed by atoms with E-state index in [4.69, 9.17) is 11.6 Å². The molecule has 0 aliphatic heterocycles. The molecule has 0 atom stereocenters. The van der Waals surface area contributed by atoms with Gasteiger partial charge in [-0.2, -0.15) is 0 Å². The summed E-state index contributed by atoms with van der Waals surface area (Å²) in [5, 5.41) is 0. The Morgan fingerprint density at radius 1 is 1.43 bits per heavy atom. The van der Waals surface area contributed by atoms with Crippen molar-refractivity contribution in [2.45, 2.75) is 5.88 Å². The van der Waals surface area contributed by atoms with Crippen molar-refractivity contribution < 1.29 is 4.39 Å². The number of hydrogen-bond donors (Lipinski definition) is 0. The van der Waals surface area contributed by atoms with Gasteiger partial charge in [-0.15, -0.1) is 11.6 Å². The Morgan fingerprint density at radius 2 is 2.29 bits per heavy atom. The lowest BCUT2D eigenvalue weighted by molar-refractivity contribution is 0.599. The second-order valence-corrected chi connectivity index (χ2v) is 2.98. The third-order valence-electron chi connectivity index (χ3n) is 1.84. The SMILES string of the molecule is Fc1c(CCl)ccnc1-n1ccnc1. The van der Waals surface area contributed by atoms with E-state index in [-0.39, 0.29) is 11.7 Å². The van der Waals surface area contributed by atoms with E-state index in [1.54, 1.807) is 18.5 Å². The zero-order valence-electron chi connectivity index (χ0n) is 7.19. The molecule has 2 aromatic rings.